The van der Waals surface area contributed by atoms with Crippen LogP contribution in [0.1, 0.15) is 21.6 Å². The molecule has 1 heterocycles. The van der Waals surface area contributed by atoms with Gasteiger partial charge in [-0.15, -0.1) is 0 Å². The lowest BCUT2D eigenvalue weighted by Gasteiger charge is -1.97. The normalized spacial score (nSPS) is 10.4. The van der Waals surface area contributed by atoms with Gasteiger partial charge in [-0.25, -0.2) is 4.39 Å². The predicted molar refractivity (Wildman–Crippen MR) is 60.0 cm³/mol. The zero-order valence-corrected chi connectivity index (χ0v) is 9.20. The number of hydrogen-bond acceptors (Lipinski definition) is 1. The molecule has 0 spiro atoms. The first-order valence-corrected chi connectivity index (χ1v) is 5.02. The molecule has 0 N–H and O–H groups in total. The molecule has 0 aliphatic heterocycles. The quantitative estimate of drug-likeness (QED) is 0.709. The van der Waals surface area contributed by atoms with Gasteiger partial charge in [0, 0.05) is 18.8 Å². The SMILES string of the molecule is Cc1c(F)c(C(=O)c2ccccc2)cn1C. The van der Waals surface area contributed by atoms with Gasteiger partial charge in [0.05, 0.1) is 11.3 Å². The smallest absolute Gasteiger partial charge is 0.197 e. The molecule has 82 valence electrons. The highest BCUT2D eigenvalue weighted by Crippen LogP contribution is 2.17. The summed E-state index contributed by atoms with van der Waals surface area (Å²) in [6.07, 6.45) is 1.53. The van der Waals surface area contributed by atoms with E-state index in [-0.39, 0.29) is 11.3 Å². The molecule has 0 fully saturated rings. The van der Waals surface area contributed by atoms with Crippen molar-refractivity contribution < 1.29 is 9.18 Å². The maximum atomic E-state index is 13.7. The number of rotatable bonds is 2. The van der Waals surface area contributed by atoms with Crippen LogP contribution >= 0.6 is 0 Å². The molecule has 16 heavy (non-hydrogen) atoms. The number of halogens is 1. The second-order valence-electron chi connectivity index (χ2n) is 3.75. The summed E-state index contributed by atoms with van der Waals surface area (Å²) in [6.45, 7) is 1.65. The fraction of sp³-hybridized carbons (Fsp3) is 0.154. The summed E-state index contributed by atoms with van der Waals surface area (Å²) in [5.74, 6) is -0.710. The summed E-state index contributed by atoms with van der Waals surface area (Å²) in [4.78, 5) is 12.0. The minimum absolute atomic E-state index is 0.131. The third kappa shape index (κ3) is 1.65. The number of aromatic nitrogens is 1. The molecular weight excluding hydrogens is 205 g/mol. The van der Waals surface area contributed by atoms with Crippen LogP contribution in [0.5, 0.6) is 0 Å². The molecule has 0 radical (unpaired) electrons. The zero-order valence-electron chi connectivity index (χ0n) is 9.20. The van der Waals surface area contributed by atoms with Crippen LogP contribution in [0.15, 0.2) is 36.5 Å². The van der Waals surface area contributed by atoms with Crippen LogP contribution in [0.2, 0.25) is 0 Å². The molecule has 0 bridgehead atoms. The predicted octanol–water partition coefficient (Wildman–Crippen LogP) is 2.70. The first kappa shape index (κ1) is 10.6. The van der Waals surface area contributed by atoms with E-state index in [1.807, 2.05) is 6.07 Å². The lowest BCUT2D eigenvalue weighted by molar-refractivity contribution is 0.103. The van der Waals surface area contributed by atoms with Crippen molar-refractivity contribution >= 4 is 5.78 Å². The fourth-order valence-corrected chi connectivity index (χ4v) is 1.60. The van der Waals surface area contributed by atoms with Crippen LogP contribution < -0.4 is 0 Å². The van der Waals surface area contributed by atoms with Crippen LogP contribution in [0, 0.1) is 12.7 Å². The van der Waals surface area contributed by atoms with Crippen molar-refractivity contribution in [1.82, 2.24) is 4.57 Å². The van der Waals surface area contributed by atoms with Gasteiger partial charge in [-0.05, 0) is 6.92 Å². The molecule has 2 rings (SSSR count). The minimum Gasteiger partial charge on any atom is -0.351 e. The maximum absolute atomic E-state index is 13.7. The molecule has 2 aromatic rings. The molecule has 0 aliphatic carbocycles. The molecular formula is C13H12FNO. The van der Waals surface area contributed by atoms with Gasteiger partial charge in [0.15, 0.2) is 11.6 Å². The zero-order chi connectivity index (χ0) is 11.7. The number of aryl methyl sites for hydroxylation is 1. The van der Waals surface area contributed by atoms with Crippen molar-refractivity contribution in [3.8, 4) is 0 Å². The van der Waals surface area contributed by atoms with E-state index >= 15 is 0 Å². The van der Waals surface area contributed by atoms with Gasteiger partial charge < -0.3 is 4.57 Å². The lowest BCUT2D eigenvalue weighted by Crippen LogP contribution is -2.01. The number of carbonyl (C=O) groups is 1. The van der Waals surface area contributed by atoms with Crippen LogP contribution in [-0.4, -0.2) is 10.4 Å². The van der Waals surface area contributed by atoms with Gasteiger partial charge in [-0.2, -0.15) is 0 Å². The summed E-state index contributed by atoms with van der Waals surface area (Å²) in [5, 5.41) is 0. The Labute approximate surface area is 93.3 Å². The Morgan fingerprint density at radius 2 is 1.88 bits per heavy atom. The van der Waals surface area contributed by atoms with E-state index in [2.05, 4.69) is 0 Å². The van der Waals surface area contributed by atoms with E-state index < -0.39 is 5.82 Å². The summed E-state index contributed by atoms with van der Waals surface area (Å²) < 4.78 is 15.3. The van der Waals surface area contributed by atoms with E-state index in [9.17, 15) is 9.18 Å². The van der Waals surface area contributed by atoms with Crippen molar-refractivity contribution in [2.75, 3.05) is 0 Å². The van der Waals surface area contributed by atoms with Gasteiger partial charge in [0.1, 0.15) is 0 Å². The highest BCUT2D eigenvalue weighted by Gasteiger charge is 2.18. The number of ketones is 1. The Balaban J connectivity index is 2.46. The molecule has 0 saturated heterocycles. The molecule has 1 aromatic heterocycles. The number of hydrogen-bond donors (Lipinski definition) is 0. The van der Waals surface area contributed by atoms with Gasteiger partial charge in [-0.1, -0.05) is 30.3 Å². The standard InChI is InChI=1S/C13H12FNO/c1-9-12(14)11(8-15(9)2)13(16)10-6-4-3-5-7-10/h3-8H,1-2H3. The summed E-state index contributed by atoms with van der Waals surface area (Å²) in [7, 11) is 1.72. The fourth-order valence-electron chi connectivity index (χ4n) is 1.60. The Morgan fingerprint density at radius 1 is 1.25 bits per heavy atom. The van der Waals surface area contributed by atoms with Gasteiger partial charge in [-0.3, -0.25) is 4.79 Å². The van der Waals surface area contributed by atoms with Crippen LogP contribution in [-0.2, 0) is 7.05 Å². The van der Waals surface area contributed by atoms with Crippen LogP contribution in [0.3, 0.4) is 0 Å². The van der Waals surface area contributed by atoms with Crippen molar-refractivity contribution in [3.05, 3.63) is 59.2 Å². The number of nitrogens with zero attached hydrogens (tertiary/aromatic N) is 1. The largest absolute Gasteiger partial charge is 0.351 e. The van der Waals surface area contributed by atoms with Crippen LogP contribution in [0.25, 0.3) is 0 Å². The van der Waals surface area contributed by atoms with Crippen molar-refractivity contribution in [2.24, 2.45) is 7.05 Å². The first-order valence-electron chi connectivity index (χ1n) is 5.02. The molecule has 1 aromatic carbocycles. The van der Waals surface area contributed by atoms with E-state index in [0.717, 1.165) is 0 Å². The third-order valence-electron chi connectivity index (χ3n) is 2.69. The maximum Gasteiger partial charge on any atom is 0.197 e. The first-order chi connectivity index (χ1) is 7.61. The number of benzene rings is 1. The average molecular weight is 217 g/mol. The highest BCUT2D eigenvalue weighted by atomic mass is 19.1. The highest BCUT2D eigenvalue weighted by molar-refractivity contribution is 6.09. The monoisotopic (exact) mass is 217 g/mol. The molecule has 0 saturated carbocycles. The molecule has 3 heteroatoms. The molecule has 0 aliphatic rings. The van der Waals surface area contributed by atoms with Gasteiger partial charge in [0.25, 0.3) is 0 Å². The Bertz CT molecular complexity index is 528. The second kappa shape index (κ2) is 3.93. The Morgan fingerprint density at radius 3 is 2.38 bits per heavy atom. The second-order valence-corrected chi connectivity index (χ2v) is 3.75. The summed E-state index contributed by atoms with van der Waals surface area (Å²) in [5.41, 5.74) is 1.11. The third-order valence-corrected chi connectivity index (χ3v) is 2.69. The van der Waals surface area contributed by atoms with E-state index in [1.54, 1.807) is 42.8 Å². The van der Waals surface area contributed by atoms with E-state index in [0.29, 0.717) is 11.3 Å². The van der Waals surface area contributed by atoms with Crippen molar-refractivity contribution in [2.45, 2.75) is 6.92 Å². The molecule has 2 nitrogen and oxygen atoms in total. The topological polar surface area (TPSA) is 22.0 Å². The van der Waals surface area contributed by atoms with Gasteiger partial charge in [0.2, 0.25) is 0 Å². The number of carbonyl (C=O) groups excluding carboxylic acids is 1. The van der Waals surface area contributed by atoms with Gasteiger partial charge >= 0.3 is 0 Å². The van der Waals surface area contributed by atoms with Crippen molar-refractivity contribution in [1.29, 1.82) is 0 Å². The molecule has 0 unspecified atom stereocenters. The average Bonchev–Trinajstić information content (AvgIpc) is 2.57. The van der Waals surface area contributed by atoms with E-state index in [4.69, 9.17) is 0 Å². The van der Waals surface area contributed by atoms with Crippen LogP contribution in [0.4, 0.5) is 4.39 Å². The molecule has 0 amide bonds. The minimum atomic E-state index is -0.434. The summed E-state index contributed by atoms with van der Waals surface area (Å²) in [6, 6.07) is 8.72. The summed E-state index contributed by atoms with van der Waals surface area (Å²) >= 11 is 0. The Kier molecular flexibility index (Phi) is 2.60. The molecule has 0 atom stereocenters. The Hall–Kier alpha value is -1.90. The van der Waals surface area contributed by atoms with Crippen molar-refractivity contribution in [3.63, 3.8) is 0 Å². The lowest BCUT2D eigenvalue weighted by atomic mass is 10.1. The van der Waals surface area contributed by atoms with E-state index in [1.165, 1.54) is 6.20 Å².